The molecule has 0 aromatic carbocycles. The molecule has 0 aromatic heterocycles. The lowest BCUT2D eigenvalue weighted by Crippen LogP contribution is -2.11. The zero-order chi connectivity index (χ0) is 15.2. The molecule has 0 aliphatic carbocycles. The third kappa shape index (κ3) is 13.7. The highest BCUT2D eigenvalue weighted by Crippen LogP contribution is 2.05. The molecule has 0 bridgehead atoms. The van der Waals surface area contributed by atoms with Crippen LogP contribution in [0.15, 0.2) is 0 Å². The highest BCUT2D eigenvalue weighted by molar-refractivity contribution is 6.20. The predicted octanol–water partition coefficient (Wildman–Crippen LogP) is 3.84. The van der Waals surface area contributed by atoms with Gasteiger partial charge in [-0.15, -0.1) is 11.6 Å². The number of alkyl halides is 1. The number of hydrogen-bond acceptors (Lipinski definition) is 4. The van der Waals surface area contributed by atoms with Gasteiger partial charge in [0.15, 0.2) is 0 Å². The Kier molecular flexibility index (Phi) is 12.7. The van der Waals surface area contributed by atoms with Crippen molar-refractivity contribution in [2.24, 2.45) is 0 Å². The Morgan fingerprint density at radius 1 is 0.950 bits per heavy atom. The van der Waals surface area contributed by atoms with E-state index in [0.29, 0.717) is 32.3 Å². The summed E-state index contributed by atoms with van der Waals surface area (Å²) in [6.07, 6.45) is 6.38. The van der Waals surface area contributed by atoms with Gasteiger partial charge in [0, 0.05) is 12.8 Å². The van der Waals surface area contributed by atoms with Crippen molar-refractivity contribution in [2.75, 3.05) is 13.2 Å². The van der Waals surface area contributed by atoms with Gasteiger partial charge < -0.3 is 9.47 Å². The van der Waals surface area contributed by atoms with Crippen molar-refractivity contribution in [3.63, 3.8) is 0 Å². The third-order valence-electron chi connectivity index (χ3n) is 2.75. The number of unbranched alkanes of at least 4 members (excludes halogenated alkanes) is 4. The average molecular weight is 307 g/mol. The zero-order valence-electron chi connectivity index (χ0n) is 12.7. The molecule has 0 fully saturated rings. The van der Waals surface area contributed by atoms with Crippen molar-refractivity contribution in [2.45, 2.75) is 70.6 Å². The Bertz CT molecular complexity index is 267. The number of ether oxygens (including phenoxy) is 2. The van der Waals surface area contributed by atoms with E-state index in [1.54, 1.807) is 6.92 Å². The minimum absolute atomic E-state index is 0.165. The van der Waals surface area contributed by atoms with Gasteiger partial charge in [-0.25, -0.2) is 0 Å². The van der Waals surface area contributed by atoms with Crippen molar-refractivity contribution in [3.05, 3.63) is 0 Å². The van der Waals surface area contributed by atoms with Crippen molar-refractivity contribution in [1.29, 1.82) is 0 Å². The Balaban J connectivity index is 3.36. The van der Waals surface area contributed by atoms with E-state index in [-0.39, 0.29) is 23.9 Å². The van der Waals surface area contributed by atoms with Crippen LogP contribution >= 0.6 is 11.6 Å². The van der Waals surface area contributed by atoms with E-state index < -0.39 is 0 Å². The van der Waals surface area contributed by atoms with Crippen molar-refractivity contribution >= 4 is 23.5 Å². The molecule has 5 heteroatoms. The molecule has 1 atom stereocenters. The minimum Gasteiger partial charge on any atom is -0.466 e. The molecule has 20 heavy (non-hydrogen) atoms. The summed E-state index contributed by atoms with van der Waals surface area (Å²) in [4.78, 5) is 22.6. The summed E-state index contributed by atoms with van der Waals surface area (Å²) < 4.78 is 10.0. The maximum absolute atomic E-state index is 11.4. The summed E-state index contributed by atoms with van der Waals surface area (Å²) in [7, 11) is 0. The molecule has 1 unspecified atom stereocenters. The second kappa shape index (κ2) is 13.2. The molecule has 0 rings (SSSR count). The van der Waals surface area contributed by atoms with Gasteiger partial charge >= 0.3 is 11.9 Å². The minimum atomic E-state index is -0.259. The molecule has 0 heterocycles. The van der Waals surface area contributed by atoms with Gasteiger partial charge in [-0.2, -0.15) is 0 Å². The van der Waals surface area contributed by atoms with Gasteiger partial charge in [0.05, 0.1) is 12.0 Å². The first kappa shape index (κ1) is 19.2. The first-order valence-electron chi connectivity index (χ1n) is 7.51. The van der Waals surface area contributed by atoms with Crippen LogP contribution in [-0.2, 0) is 19.1 Å². The number of rotatable bonds is 12. The van der Waals surface area contributed by atoms with Crippen LogP contribution in [0.5, 0.6) is 0 Å². The SMILES string of the molecule is CCCCCCOC(=O)CCCCC(=O)OCC(C)Cl. The van der Waals surface area contributed by atoms with Crippen LogP contribution in [0.3, 0.4) is 0 Å². The van der Waals surface area contributed by atoms with Gasteiger partial charge in [0.25, 0.3) is 0 Å². The molecule has 0 aliphatic rings. The summed E-state index contributed by atoms with van der Waals surface area (Å²) in [6.45, 7) is 4.66. The molecular formula is C15H27ClO4. The molecule has 0 aromatic rings. The smallest absolute Gasteiger partial charge is 0.305 e. The Morgan fingerprint density at radius 3 is 2.10 bits per heavy atom. The number of halogens is 1. The second-order valence-electron chi connectivity index (χ2n) is 4.95. The van der Waals surface area contributed by atoms with Crippen molar-refractivity contribution in [3.8, 4) is 0 Å². The third-order valence-corrected chi connectivity index (χ3v) is 2.87. The molecule has 0 spiro atoms. The van der Waals surface area contributed by atoms with E-state index in [1.807, 2.05) is 0 Å². The average Bonchev–Trinajstić information content (AvgIpc) is 2.41. The van der Waals surface area contributed by atoms with E-state index in [1.165, 1.54) is 12.8 Å². The molecular weight excluding hydrogens is 280 g/mol. The molecule has 0 saturated heterocycles. The van der Waals surface area contributed by atoms with Crippen molar-refractivity contribution < 1.29 is 19.1 Å². The fourth-order valence-corrected chi connectivity index (χ4v) is 1.67. The molecule has 0 aliphatic heterocycles. The number of carbonyl (C=O) groups is 2. The van der Waals surface area contributed by atoms with Crippen LogP contribution in [0.1, 0.15) is 65.2 Å². The lowest BCUT2D eigenvalue weighted by atomic mass is 10.2. The first-order chi connectivity index (χ1) is 9.56. The topological polar surface area (TPSA) is 52.6 Å². The second-order valence-corrected chi connectivity index (χ2v) is 5.70. The monoisotopic (exact) mass is 306 g/mol. The first-order valence-corrected chi connectivity index (χ1v) is 7.95. The lowest BCUT2D eigenvalue weighted by molar-refractivity contribution is -0.146. The normalized spacial score (nSPS) is 11.9. The summed E-state index contributed by atoms with van der Waals surface area (Å²) >= 11 is 5.67. The van der Waals surface area contributed by atoms with Gasteiger partial charge in [-0.3, -0.25) is 9.59 Å². The molecule has 4 nitrogen and oxygen atoms in total. The summed E-state index contributed by atoms with van der Waals surface area (Å²) in [6, 6.07) is 0. The zero-order valence-corrected chi connectivity index (χ0v) is 13.4. The van der Waals surface area contributed by atoms with Crippen LogP contribution in [0.2, 0.25) is 0 Å². The molecule has 0 radical (unpaired) electrons. The van der Waals surface area contributed by atoms with Gasteiger partial charge in [-0.05, 0) is 26.2 Å². The Morgan fingerprint density at radius 2 is 1.55 bits per heavy atom. The van der Waals surface area contributed by atoms with E-state index in [4.69, 9.17) is 21.1 Å². The lowest BCUT2D eigenvalue weighted by Gasteiger charge is -2.06. The van der Waals surface area contributed by atoms with Gasteiger partial charge in [0.2, 0.25) is 0 Å². The van der Waals surface area contributed by atoms with E-state index >= 15 is 0 Å². The molecule has 0 N–H and O–H groups in total. The largest absolute Gasteiger partial charge is 0.466 e. The predicted molar refractivity (Wildman–Crippen MR) is 79.8 cm³/mol. The Hall–Kier alpha value is -0.770. The number of carbonyl (C=O) groups excluding carboxylic acids is 2. The van der Waals surface area contributed by atoms with Crippen LogP contribution in [-0.4, -0.2) is 30.5 Å². The maximum atomic E-state index is 11.4. The van der Waals surface area contributed by atoms with Gasteiger partial charge in [-0.1, -0.05) is 26.2 Å². The molecule has 118 valence electrons. The fourth-order valence-electron chi connectivity index (χ4n) is 1.61. The highest BCUT2D eigenvalue weighted by Gasteiger charge is 2.07. The van der Waals surface area contributed by atoms with Crippen LogP contribution < -0.4 is 0 Å². The summed E-state index contributed by atoms with van der Waals surface area (Å²) in [5, 5.41) is -0.165. The highest BCUT2D eigenvalue weighted by atomic mass is 35.5. The van der Waals surface area contributed by atoms with E-state index in [9.17, 15) is 9.59 Å². The molecule has 0 saturated carbocycles. The summed E-state index contributed by atoms with van der Waals surface area (Å²) in [5.41, 5.74) is 0. The quantitative estimate of drug-likeness (QED) is 0.312. The van der Waals surface area contributed by atoms with E-state index in [2.05, 4.69) is 6.92 Å². The fraction of sp³-hybridized carbons (Fsp3) is 0.867. The number of hydrogen-bond donors (Lipinski definition) is 0. The number of esters is 2. The summed E-state index contributed by atoms with van der Waals surface area (Å²) in [5.74, 6) is -0.435. The van der Waals surface area contributed by atoms with Gasteiger partial charge in [0.1, 0.15) is 6.61 Å². The maximum Gasteiger partial charge on any atom is 0.305 e. The van der Waals surface area contributed by atoms with Crippen molar-refractivity contribution in [1.82, 2.24) is 0 Å². The standard InChI is InChI=1S/C15H27ClO4/c1-3-4-5-8-11-19-14(17)9-6-7-10-15(18)20-12-13(2)16/h13H,3-12H2,1-2H3. The van der Waals surface area contributed by atoms with Crippen LogP contribution in [0.4, 0.5) is 0 Å². The van der Waals surface area contributed by atoms with Crippen LogP contribution in [0.25, 0.3) is 0 Å². The van der Waals surface area contributed by atoms with Crippen LogP contribution in [0, 0.1) is 0 Å². The molecule has 0 amide bonds. The Labute approximate surface area is 127 Å². The van der Waals surface area contributed by atoms with E-state index in [0.717, 1.165) is 12.8 Å².